The van der Waals surface area contributed by atoms with Crippen LogP contribution in [0.25, 0.3) is 0 Å². The zero-order valence-corrected chi connectivity index (χ0v) is 19.7. The number of benzene rings is 1. The van der Waals surface area contributed by atoms with Crippen molar-refractivity contribution in [2.24, 2.45) is 5.92 Å². The highest BCUT2D eigenvalue weighted by Gasteiger charge is 2.26. The SMILES string of the molecule is CCCSc1nnc(NS(=O)(=O)c2ccc(OC)c(C(=O)N3CCC(C)CC3)c2)s1. The van der Waals surface area contributed by atoms with Crippen LogP contribution in [0.1, 0.15) is 43.5 Å². The van der Waals surface area contributed by atoms with Gasteiger partial charge in [-0.1, -0.05) is 36.9 Å². The first-order valence-electron chi connectivity index (χ1n) is 9.80. The molecule has 1 fully saturated rings. The number of ether oxygens (including phenoxy) is 1. The van der Waals surface area contributed by atoms with Crippen molar-refractivity contribution in [1.82, 2.24) is 15.1 Å². The van der Waals surface area contributed by atoms with E-state index in [1.807, 2.05) is 0 Å². The lowest BCUT2D eigenvalue weighted by Gasteiger charge is -2.30. The minimum atomic E-state index is -3.92. The number of carbonyl (C=O) groups is 1. The van der Waals surface area contributed by atoms with E-state index in [9.17, 15) is 13.2 Å². The smallest absolute Gasteiger partial charge is 0.263 e. The molecule has 164 valence electrons. The third-order valence-electron chi connectivity index (χ3n) is 4.84. The molecular formula is C19H26N4O4S3. The lowest BCUT2D eigenvalue weighted by Crippen LogP contribution is -2.38. The minimum Gasteiger partial charge on any atom is -0.496 e. The summed E-state index contributed by atoms with van der Waals surface area (Å²) in [6.45, 7) is 5.54. The quantitative estimate of drug-likeness (QED) is 0.587. The largest absolute Gasteiger partial charge is 0.496 e. The van der Waals surface area contributed by atoms with Crippen molar-refractivity contribution in [3.05, 3.63) is 23.8 Å². The highest BCUT2D eigenvalue weighted by atomic mass is 32.2. The maximum atomic E-state index is 13.0. The predicted octanol–water partition coefficient (Wildman–Crippen LogP) is 3.72. The first-order chi connectivity index (χ1) is 14.3. The molecule has 0 aliphatic carbocycles. The fourth-order valence-electron chi connectivity index (χ4n) is 3.08. The lowest BCUT2D eigenvalue weighted by molar-refractivity contribution is 0.0693. The number of amides is 1. The maximum Gasteiger partial charge on any atom is 0.263 e. The average Bonchev–Trinajstić information content (AvgIpc) is 3.18. The number of hydrogen-bond donors (Lipinski definition) is 1. The Hall–Kier alpha value is -1.85. The van der Waals surface area contributed by atoms with Gasteiger partial charge < -0.3 is 9.64 Å². The van der Waals surface area contributed by atoms with Crippen molar-refractivity contribution < 1.29 is 17.9 Å². The molecule has 30 heavy (non-hydrogen) atoms. The topological polar surface area (TPSA) is 101 Å². The van der Waals surface area contributed by atoms with Gasteiger partial charge in [-0.2, -0.15) is 0 Å². The molecule has 1 amide bonds. The number of anilines is 1. The van der Waals surface area contributed by atoms with Gasteiger partial charge in [0.15, 0.2) is 4.34 Å². The number of aromatic nitrogens is 2. The molecule has 0 spiro atoms. The predicted molar refractivity (Wildman–Crippen MR) is 119 cm³/mol. The molecule has 0 saturated carbocycles. The Morgan fingerprint density at radius 1 is 1.33 bits per heavy atom. The molecule has 1 aliphatic heterocycles. The summed E-state index contributed by atoms with van der Waals surface area (Å²) in [5.41, 5.74) is 0.242. The van der Waals surface area contributed by atoms with Crippen LogP contribution < -0.4 is 9.46 Å². The van der Waals surface area contributed by atoms with Gasteiger partial charge in [-0.05, 0) is 43.4 Å². The van der Waals surface area contributed by atoms with E-state index in [1.54, 1.807) is 4.90 Å². The summed E-state index contributed by atoms with van der Waals surface area (Å²) >= 11 is 2.72. The van der Waals surface area contributed by atoms with Crippen molar-refractivity contribution in [2.75, 3.05) is 30.7 Å². The van der Waals surface area contributed by atoms with E-state index in [0.29, 0.717) is 29.1 Å². The summed E-state index contributed by atoms with van der Waals surface area (Å²) in [7, 11) is -2.45. The molecule has 0 radical (unpaired) electrons. The summed E-state index contributed by atoms with van der Waals surface area (Å²) in [6, 6.07) is 4.30. The van der Waals surface area contributed by atoms with Crippen molar-refractivity contribution in [1.29, 1.82) is 0 Å². The standard InChI is InChI=1S/C19H26N4O4S3/c1-4-11-28-19-21-20-18(29-19)22-30(25,26)14-5-6-16(27-3)15(12-14)17(24)23-9-7-13(2)8-10-23/h5-6,12-13H,4,7-11H2,1-3H3,(H,20,22). The van der Waals surface area contributed by atoms with Crippen LogP contribution in [0.15, 0.2) is 27.4 Å². The second-order valence-corrected chi connectivity index (χ2v) is 11.2. The van der Waals surface area contributed by atoms with E-state index >= 15 is 0 Å². The zero-order valence-electron chi connectivity index (χ0n) is 17.3. The van der Waals surface area contributed by atoms with Gasteiger partial charge in [0.1, 0.15) is 5.75 Å². The Kier molecular flexibility index (Phi) is 7.59. The Bertz CT molecular complexity index is 985. The number of sulfonamides is 1. The second-order valence-electron chi connectivity index (χ2n) is 7.16. The van der Waals surface area contributed by atoms with Gasteiger partial charge in [-0.15, -0.1) is 10.2 Å². The maximum absolute atomic E-state index is 13.0. The fourth-order valence-corrected chi connectivity index (χ4v) is 6.01. The van der Waals surface area contributed by atoms with Crippen LogP contribution in [-0.4, -0.2) is 55.4 Å². The first-order valence-corrected chi connectivity index (χ1v) is 13.1. The molecule has 2 heterocycles. The molecule has 3 rings (SSSR count). The monoisotopic (exact) mass is 470 g/mol. The van der Waals surface area contributed by atoms with Crippen LogP contribution in [-0.2, 0) is 10.0 Å². The van der Waals surface area contributed by atoms with Crippen molar-refractivity contribution in [3.63, 3.8) is 0 Å². The molecule has 1 aliphatic rings. The van der Waals surface area contributed by atoms with Crippen molar-refractivity contribution >= 4 is 44.2 Å². The van der Waals surface area contributed by atoms with Crippen LogP contribution >= 0.6 is 23.1 Å². The number of nitrogens with zero attached hydrogens (tertiary/aromatic N) is 3. The molecule has 8 nitrogen and oxygen atoms in total. The molecule has 1 aromatic heterocycles. The van der Waals surface area contributed by atoms with E-state index in [-0.39, 0.29) is 21.5 Å². The number of likely N-dealkylation sites (tertiary alicyclic amines) is 1. The summed E-state index contributed by atoms with van der Waals surface area (Å²) in [4.78, 5) is 14.8. The highest BCUT2D eigenvalue weighted by Crippen LogP contribution is 2.30. The van der Waals surface area contributed by atoms with Crippen LogP contribution in [0.4, 0.5) is 5.13 Å². The third-order valence-corrected chi connectivity index (χ3v) is 8.48. The van der Waals surface area contributed by atoms with E-state index in [4.69, 9.17) is 4.74 Å². The molecule has 2 aromatic rings. The molecule has 11 heteroatoms. The summed E-state index contributed by atoms with van der Waals surface area (Å²) < 4.78 is 34.2. The van der Waals surface area contributed by atoms with Crippen LogP contribution in [0.3, 0.4) is 0 Å². The van der Waals surface area contributed by atoms with E-state index in [0.717, 1.165) is 25.0 Å². The Morgan fingerprint density at radius 3 is 2.73 bits per heavy atom. The number of carbonyl (C=O) groups excluding carboxylic acids is 1. The van der Waals surface area contributed by atoms with Gasteiger partial charge in [0.2, 0.25) is 5.13 Å². The van der Waals surface area contributed by atoms with E-state index in [1.165, 1.54) is 48.4 Å². The minimum absolute atomic E-state index is 0.0185. The number of hydrogen-bond acceptors (Lipinski definition) is 8. The van der Waals surface area contributed by atoms with E-state index < -0.39 is 10.0 Å². The second kappa shape index (κ2) is 9.97. The van der Waals surface area contributed by atoms with Crippen molar-refractivity contribution in [3.8, 4) is 5.75 Å². The summed E-state index contributed by atoms with van der Waals surface area (Å²) in [5, 5.41) is 8.10. The van der Waals surface area contributed by atoms with Crippen LogP contribution in [0, 0.1) is 5.92 Å². The van der Waals surface area contributed by atoms with Crippen molar-refractivity contribution in [2.45, 2.75) is 42.3 Å². The summed E-state index contributed by atoms with van der Waals surface area (Å²) in [5.74, 6) is 1.61. The molecule has 0 unspecified atom stereocenters. The summed E-state index contributed by atoms with van der Waals surface area (Å²) in [6.07, 6.45) is 2.86. The zero-order chi connectivity index (χ0) is 21.7. The normalized spacial score (nSPS) is 15.2. The number of thioether (sulfide) groups is 1. The van der Waals surface area contributed by atoms with Crippen LogP contribution in [0.5, 0.6) is 5.75 Å². The average molecular weight is 471 g/mol. The first kappa shape index (κ1) is 22.8. The number of methoxy groups -OCH3 is 1. The molecule has 1 saturated heterocycles. The van der Waals surface area contributed by atoms with Gasteiger partial charge in [-0.3, -0.25) is 9.52 Å². The number of rotatable bonds is 8. The van der Waals surface area contributed by atoms with Gasteiger partial charge in [0.25, 0.3) is 15.9 Å². The van der Waals surface area contributed by atoms with Gasteiger partial charge in [0, 0.05) is 18.8 Å². The molecule has 1 aromatic carbocycles. The third kappa shape index (κ3) is 5.44. The fraction of sp³-hybridized carbons (Fsp3) is 0.526. The molecule has 0 bridgehead atoms. The lowest BCUT2D eigenvalue weighted by atomic mass is 9.98. The highest BCUT2D eigenvalue weighted by molar-refractivity contribution is 8.01. The molecular weight excluding hydrogens is 444 g/mol. The molecule has 0 atom stereocenters. The Balaban J connectivity index is 1.82. The number of piperidine rings is 1. The number of nitrogens with one attached hydrogen (secondary N) is 1. The van der Waals surface area contributed by atoms with Gasteiger partial charge in [-0.25, -0.2) is 8.42 Å². The van der Waals surface area contributed by atoms with E-state index in [2.05, 4.69) is 28.8 Å². The van der Waals surface area contributed by atoms with Crippen LogP contribution in [0.2, 0.25) is 0 Å². The Labute approximate surface area is 185 Å². The van der Waals surface area contributed by atoms with Gasteiger partial charge in [0.05, 0.1) is 17.6 Å². The molecule has 1 N–H and O–H groups in total. The van der Waals surface area contributed by atoms with Gasteiger partial charge >= 0.3 is 0 Å². The Morgan fingerprint density at radius 2 is 2.07 bits per heavy atom.